The standard InChI is InChI=1S/C20H25N3O5S/c1-28-20-8-4-3-7-16(20)19(22-11-5-6-12-22)14-21-17-10-9-15(29(2,26)27)13-18(17)23(24)25/h3-4,7-10,13,19,21H,5-6,11-12,14H2,1-2H3/t19-/m1/s1. The van der Waals surface area contributed by atoms with Gasteiger partial charge in [-0.1, -0.05) is 18.2 Å². The molecule has 2 aromatic rings. The Labute approximate surface area is 170 Å². The number of sulfone groups is 1. The lowest BCUT2D eigenvalue weighted by Crippen LogP contribution is -2.31. The summed E-state index contributed by atoms with van der Waals surface area (Å²) in [6, 6.07) is 11.7. The molecule has 0 saturated carbocycles. The third-order valence-electron chi connectivity index (χ3n) is 5.16. The summed E-state index contributed by atoms with van der Waals surface area (Å²) in [4.78, 5) is 13.2. The number of hydrogen-bond acceptors (Lipinski definition) is 7. The second-order valence-corrected chi connectivity index (χ2v) is 9.11. The summed E-state index contributed by atoms with van der Waals surface area (Å²) >= 11 is 0. The molecule has 0 radical (unpaired) electrons. The Morgan fingerprint density at radius 1 is 1.21 bits per heavy atom. The smallest absolute Gasteiger partial charge is 0.293 e. The highest BCUT2D eigenvalue weighted by atomic mass is 32.2. The van der Waals surface area contributed by atoms with E-state index in [1.807, 2.05) is 24.3 Å². The maximum Gasteiger partial charge on any atom is 0.293 e. The number of likely N-dealkylation sites (tertiary alicyclic amines) is 1. The molecule has 3 rings (SSSR count). The molecule has 2 aromatic carbocycles. The van der Waals surface area contributed by atoms with Gasteiger partial charge in [-0.3, -0.25) is 15.0 Å². The van der Waals surface area contributed by atoms with Crippen LogP contribution in [0.1, 0.15) is 24.4 Å². The fourth-order valence-electron chi connectivity index (χ4n) is 3.68. The average molecular weight is 420 g/mol. The molecule has 0 aliphatic carbocycles. The lowest BCUT2D eigenvalue weighted by Gasteiger charge is -2.29. The molecule has 29 heavy (non-hydrogen) atoms. The Bertz CT molecular complexity index is 987. The third-order valence-corrected chi connectivity index (χ3v) is 6.27. The topological polar surface area (TPSA) is 102 Å². The highest BCUT2D eigenvalue weighted by molar-refractivity contribution is 7.90. The fourth-order valence-corrected chi connectivity index (χ4v) is 4.32. The number of rotatable bonds is 8. The molecule has 0 aromatic heterocycles. The predicted octanol–water partition coefficient (Wildman–Crippen LogP) is 3.26. The molecule has 156 valence electrons. The van der Waals surface area contributed by atoms with Crippen LogP contribution in [-0.4, -0.2) is 51.2 Å². The van der Waals surface area contributed by atoms with Gasteiger partial charge in [0, 0.05) is 24.4 Å². The van der Waals surface area contributed by atoms with Crippen LogP contribution >= 0.6 is 0 Å². The minimum Gasteiger partial charge on any atom is -0.496 e. The molecule has 0 spiro atoms. The van der Waals surface area contributed by atoms with Crippen molar-refractivity contribution >= 4 is 21.2 Å². The monoisotopic (exact) mass is 419 g/mol. The Hall–Kier alpha value is -2.65. The van der Waals surface area contributed by atoms with E-state index < -0.39 is 14.8 Å². The van der Waals surface area contributed by atoms with Crippen LogP contribution in [0.3, 0.4) is 0 Å². The number of hydrogen-bond donors (Lipinski definition) is 1. The Morgan fingerprint density at radius 2 is 1.90 bits per heavy atom. The van der Waals surface area contributed by atoms with E-state index in [-0.39, 0.29) is 16.6 Å². The third kappa shape index (κ3) is 4.86. The number of ether oxygens (including phenoxy) is 1. The van der Waals surface area contributed by atoms with Gasteiger partial charge in [-0.25, -0.2) is 8.42 Å². The van der Waals surface area contributed by atoms with Gasteiger partial charge in [0.05, 0.1) is 23.0 Å². The number of nitrogens with zero attached hydrogens (tertiary/aromatic N) is 2. The number of nitro benzene ring substituents is 1. The highest BCUT2D eigenvalue weighted by Crippen LogP contribution is 2.33. The molecule has 1 aliphatic heterocycles. The van der Waals surface area contributed by atoms with E-state index >= 15 is 0 Å². The van der Waals surface area contributed by atoms with Crippen LogP contribution in [0.2, 0.25) is 0 Å². The number of para-hydroxylation sites is 1. The van der Waals surface area contributed by atoms with Crippen molar-refractivity contribution in [3.05, 3.63) is 58.1 Å². The minimum absolute atomic E-state index is 0.0251. The Morgan fingerprint density at radius 3 is 2.52 bits per heavy atom. The van der Waals surface area contributed by atoms with Crippen molar-refractivity contribution in [2.24, 2.45) is 0 Å². The molecule has 1 atom stereocenters. The van der Waals surface area contributed by atoms with E-state index in [4.69, 9.17) is 4.74 Å². The molecule has 8 nitrogen and oxygen atoms in total. The Balaban J connectivity index is 1.91. The lowest BCUT2D eigenvalue weighted by molar-refractivity contribution is -0.384. The lowest BCUT2D eigenvalue weighted by atomic mass is 10.0. The van der Waals surface area contributed by atoms with Crippen molar-refractivity contribution in [1.82, 2.24) is 4.90 Å². The first kappa shape index (κ1) is 21.1. The molecule has 1 heterocycles. The van der Waals surface area contributed by atoms with Crippen LogP contribution in [-0.2, 0) is 9.84 Å². The van der Waals surface area contributed by atoms with Crippen molar-refractivity contribution in [3.8, 4) is 5.75 Å². The normalized spacial score (nSPS) is 15.8. The first-order chi connectivity index (χ1) is 13.8. The summed E-state index contributed by atoms with van der Waals surface area (Å²) in [5.41, 5.74) is 1.05. The van der Waals surface area contributed by atoms with Gasteiger partial charge in [-0.15, -0.1) is 0 Å². The molecule has 0 bridgehead atoms. The molecule has 1 saturated heterocycles. The number of nitro groups is 1. The summed E-state index contributed by atoms with van der Waals surface area (Å²) in [5.74, 6) is 0.771. The molecular formula is C20H25N3O5S. The van der Waals surface area contributed by atoms with Crippen molar-refractivity contribution < 1.29 is 18.1 Å². The van der Waals surface area contributed by atoms with Crippen molar-refractivity contribution in [2.45, 2.75) is 23.8 Å². The van der Waals surface area contributed by atoms with Crippen molar-refractivity contribution in [1.29, 1.82) is 0 Å². The Kier molecular flexibility index (Phi) is 6.39. The number of benzene rings is 2. The second kappa shape index (κ2) is 8.79. The number of anilines is 1. The minimum atomic E-state index is -3.53. The van der Waals surface area contributed by atoms with E-state index in [2.05, 4.69) is 10.2 Å². The van der Waals surface area contributed by atoms with Crippen LogP contribution in [0.5, 0.6) is 5.75 Å². The van der Waals surface area contributed by atoms with Crippen LogP contribution in [0.25, 0.3) is 0 Å². The van der Waals surface area contributed by atoms with Crippen LogP contribution in [0.15, 0.2) is 47.4 Å². The van der Waals surface area contributed by atoms with E-state index in [0.717, 1.165) is 49.6 Å². The molecule has 0 amide bonds. The highest BCUT2D eigenvalue weighted by Gasteiger charge is 2.27. The van der Waals surface area contributed by atoms with Gasteiger partial charge < -0.3 is 10.1 Å². The van der Waals surface area contributed by atoms with Gasteiger partial charge in [-0.2, -0.15) is 0 Å². The molecule has 0 unspecified atom stereocenters. The molecule has 9 heteroatoms. The summed E-state index contributed by atoms with van der Waals surface area (Å²) in [7, 11) is -1.90. The predicted molar refractivity (Wildman–Crippen MR) is 111 cm³/mol. The molecule has 1 N–H and O–H groups in total. The molecular weight excluding hydrogens is 394 g/mol. The fraction of sp³-hybridized carbons (Fsp3) is 0.400. The van der Waals surface area contributed by atoms with Gasteiger partial charge in [0.2, 0.25) is 0 Å². The maximum absolute atomic E-state index is 11.8. The summed E-state index contributed by atoms with van der Waals surface area (Å²) in [6.45, 7) is 2.32. The quantitative estimate of drug-likeness (QED) is 0.517. The summed E-state index contributed by atoms with van der Waals surface area (Å²) in [6.07, 6.45) is 3.24. The van der Waals surface area contributed by atoms with Crippen molar-refractivity contribution in [3.63, 3.8) is 0 Å². The molecule has 1 fully saturated rings. The SMILES string of the molecule is COc1ccccc1[C@@H](CNc1ccc(S(C)(=O)=O)cc1[N+](=O)[O-])N1CCCC1. The van der Waals surface area contributed by atoms with E-state index in [1.54, 1.807) is 7.11 Å². The van der Waals surface area contributed by atoms with Crippen LogP contribution < -0.4 is 10.1 Å². The zero-order valence-electron chi connectivity index (χ0n) is 16.5. The van der Waals surface area contributed by atoms with Gasteiger partial charge >= 0.3 is 0 Å². The first-order valence-electron chi connectivity index (χ1n) is 9.40. The van der Waals surface area contributed by atoms with E-state index in [9.17, 15) is 18.5 Å². The van der Waals surface area contributed by atoms with E-state index in [1.165, 1.54) is 12.1 Å². The van der Waals surface area contributed by atoms with Gasteiger partial charge in [-0.05, 0) is 44.1 Å². The zero-order chi connectivity index (χ0) is 21.0. The number of nitrogens with one attached hydrogen (secondary N) is 1. The van der Waals surface area contributed by atoms with Crippen LogP contribution in [0.4, 0.5) is 11.4 Å². The van der Waals surface area contributed by atoms with Gasteiger partial charge in [0.15, 0.2) is 9.84 Å². The van der Waals surface area contributed by atoms with Gasteiger partial charge in [0.25, 0.3) is 5.69 Å². The summed E-state index contributed by atoms with van der Waals surface area (Å²) in [5, 5.41) is 14.7. The van der Waals surface area contributed by atoms with E-state index in [0.29, 0.717) is 12.2 Å². The summed E-state index contributed by atoms with van der Waals surface area (Å²) < 4.78 is 29.0. The van der Waals surface area contributed by atoms with Crippen molar-refractivity contribution in [2.75, 3.05) is 38.3 Å². The maximum atomic E-state index is 11.8. The largest absolute Gasteiger partial charge is 0.496 e. The first-order valence-corrected chi connectivity index (χ1v) is 11.3. The zero-order valence-corrected chi connectivity index (χ0v) is 17.3. The van der Waals surface area contributed by atoms with Crippen LogP contribution in [0, 0.1) is 10.1 Å². The average Bonchev–Trinajstić information content (AvgIpc) is 3.22. The van der Waals surface area contributed by atoms with Gasteiger partial charge in [0.1, 0.15) is 11.4 Å². The molecule has 1 aliphatic rings. The number of methoxy groups -OCH3 is 1. The second-order valence-electron chi connectivity index (χ2n) is 7.09.